The number of aryl methyl sites for hydroxylation is 3. The highest BCUT2D eigenvalue weighted by Crippen LogP contribution is 2.49. The number of anilines is 2. The molecule has 1 unspecified atom stereocenters. The van der Waals surface area contributed by atoms with Crippen LogP contribution in [0.5, 0.6) is 11.6 Å². The van der Waals surface area contributed by atoms with Gasteiger partial charge in [0.2, 0.25) is 11.8 Å². The minimum Gasteiger partial charge on any atom is -0.438 e. The Morgan fingerprint density at radius 2 is 1.89 bits per heavy atom. The standard InChI is InChI=1S/C23H21F2N7O3/c1-12-4-5-14(9-16(12)26-22(34)17-8-13(2)29-31(17)3)35-20-7-6-19-27-18(11-32(19)30-20)28-21(33)15-10-23(15,24)25/h4-9,11,15H,10H2,1-3H3,(H,26,34)(H,28,33). The van der Waals surface area contributed by atoms with Crippen molar-refractivity contribution in [3.8, 4) is 11.6 Å². The van der Waals surface area contributed by atoms with E-state index in [1.54, 1.807) is 43.4 Å². The van der Waals surface area contributed by atoms with Crippen LogP contribution in [0, 0.1) is 19.8 Å². The van der Waals surface area contributed by atoms with Gasteiger partial charge in [0.25, 0.3) is 11.8 Å². The first-order valence-corrected chi connectivity index (χ1v) is 10.7. The molecular formula is C23H21F2N7O3. The number of nitrogens with zero attached hydrogens (tertiary/aromatic N) is 5. The minimum atomic E-state index is -2.95. The van der Waals surface area contributed by atoms with Gasteiger partial charge in [-0.2, -0.15) is 5.10 Å². The molecule has 1 fully saturated rings. The van der Waals surface area contributed by atoms with Gasteiger partial charge >= 0.3 is 0 Å². The first-order chi connectivity index (χ1) is 16.6. The number of aromatic nitrogens is 5. The van der Waals surface area contributed by atoms with Crippen molar-refractivity contribution in [1.29, 1.82) is 0 Å². The zero-order valence-corrected chi connectivity index (χ0v) is 19.0. The second-order valence-electron chi connectivity index (χ2n) is 8.43. The van der Waals surface area contributed by atoms with Gasteiger partial charge in [0, 0.05) is 31.3 Å². The molecule has 0 saturated heterocycles. The highest BCUT2D eigenvalue weighted by atomic mass is 19.3. The summed E-state index contributed by atoms with van der Waals surface area (Å²) < 4.78 is 34.9. The van der Waals surface area contributed by atoms with E-state index in [1.165, 1.54) is 15.4 Å². The summed E-state index contributed by atoms with van der Waals surface area (Å²) >= 11 is 0. The quantitative estimate of drug-likeness (QED) is 0.434. The van der Waals surface area contributed by atoms with Gasteiger partial charge in [0.15, 0.2) is 11.5 Å². The van der Waals surface area contributed by atoms with E-state index in [4.69, 9.17) is 4.74 Å². The van der Waals surface area contributed by atoms with Gasteiger partial charge in [-0.15, -0.1) is 5.10 Å². The zero-order chi connectivity index (χ0) is 24.9. The average Bonchev–Trinajstić information content (AvgIpc) is 3.09. The molecule has 12 heteroatoms. The Hall–Kier alpha value is -4.35. The number of ether oxygens (including phenoxy) is 1. The number of fused-ring (bicyclic) bond motifs is 1. The van der Waals surface area contributed by atoms with E-state index in [0.717, 1.165) is 11.3 Å². The zero-order valence-electron chi connectivity index (χ0n) is 19.0. The molecule has 1 atom stereocenters. The third-order valence-electron chi connectivity index (χ3n) is 5.60. The van der Waals surface area contributed by atoms with E-state index >= 15 is 0 Å². The molecule has 0 spiro atoms. The average molecular weight is 481 g/mol. The summed E-state index contributed by atoms with van der Waals surface area (Å²) in [5.41, 5.74) is 2.97. The number of hydrogen-bond donors (Lipinski definition) is 2. The lowest BCUT2D eigenvalue weighted by atomic mass is 10.2. The van der Waals surface area contributed by atoms with Gasteiger partial charge in [-0.1, -0.05) is 6.07 Å². The number of nitrogens with one attached hydrogen (secondary N) is 2. The molecule has 1 saturated carbocycles. The van der Waals surface area contributed by atoms with E-state index < -0.39 is 24.2 Å². The van der Waals surface area contributed by atoms with Crippen LogP contribution in [0.1, 0.15) is 28.2 Å². The van der Waals surface area contributed by atoms with Crippen molar-refractivity contribution in [2.75, 3.05) is 10.6 Å². The summed E-state index contributed by atoms with van der Waals surface area (Å²) in [7, 11) is 1.70. The van der Waals surface area contributed by atoms with Crippen LogP contribution in [0.4, 0.5) is 20.3 Å². The Labute approximate surface area is 197 Å². The van der Waals surface area contributed by atoms with Crippen LogP contribution in [-0.2, 0) is 11.8 Å². The lowest BCUT2D eigenvalue weighted by molar-refractivity contribution is -0.119. The highest BCUT2D eigenvalue weighted by molar-refractivity contribution is 6.03. The monoisotopic (exact) mass is 481 g/mol. The fourth-order valence-electron chi connectivity index (χ4n) is 3.62. The third kappa shape index (κ3) is 4.54. The van der Waals surface area contributed by atoms with Crippen molar-refractivity contribution in [2.45, 2.75) is 26.2 Å². The molecule has 1 aromatic carbocycles. The highest BCUT2D eigenvalue weighted by Gasteiger charge is 2.61. The second kappa shape index (κ2) is 8.15. The topological polar surface area (TPSA) is 115 Å². The van der Waals surface area contributed by atoms with Crippen LogP contribution >= 0.6 is 0 Å². The lowest BCUT2D eigenvalue weighted by Crippen LogP contribution is -2.17. The van der Waals surface area contributed by atoms with Crippen LogP contribution in [0.2, 0.25) is 0 Å². The number of amides is 2. The number of alkyl halides is 2. The summed E-state index contributed by atoms with van der Waals surface area (Å²) in [5, 5.41) is 13.7. The van der Waals surface area contributed by atoms with Crippen molar-refractivity contribution in [1.82, 2.24) is 24.4 Å². The number of imidazole rings is 1. The van der Waals surface area contributed by atoms with E-state index in [9.17, 15) is 18.4 Å². The predicted molar refractivity (Wildman–Crippen MR) is 122 cm³/mol. The summed E-state index contributed by atoms with van der Waals surface area (Å²) in [6.07, 6.45) is 0.959. The molecule has 0 aliphatic heterocycles. The van der Waals surface area contributed by atoms with Gasteiger partial charge in [-0.05, 0) is 37.6 Å². The molecule has 2 N–H and O–H groups in total. The SMILES string of the molecule is Cc1cc(C(=O)Nc2cc(Oc3ccc4nc(NC(=O)C5CC5(F)F)cn4n3)ccc2C)n(C)n1. The van der Waals surface area contributed by atoms with Crippen molar-refractivity contribution >= 4 is 29.0 Å². The van der Waals surface area contributed by atoms with Gasteiger partial charge < -0.3 is 15.4 Å². The van der Waals surface area contributed by atoms with Crippen LogP contribution in [0.15, 0.2) is 42.6 Å². The Balaban J connectivity index is 1.31. The first kappa shape index (κ1) is 22.4. The molecular weight excluding hydrogens is 460 g/mol. The number of hydrogen-bond acceptors (Lipinski definition) is 6. The van der Waals surface area contributed by atoms with Crippen molar-refractivity contribution < 1.29 is 23.1 Å². The molecule has 0 bridgehead atoms. The van der Waals surface area contributed by atoms with E-state index in [0.29, 0.717) is 22.8 Å². The molecule has 180 valence electrons. The molecule has 3 heterocycles. The van der Waals surface area contributed by atoms with Crippen molar-refractivity contribution in [3.63, 3.8) is 0 Å². The molecule has 0 radical (unpaired) electrons. The normalized spacial score (nSPS) is 16.2. The third-order valence-corrected chi connectivity index (χ3v) is 5.60. The van der Waals surface area contributed by atoms with Crippen LogP contribution in [-0.4, -0.2) is 42.1 Å². The smallest absolute Gasteiger partial charge is 0.273 e. The van der Waals surface area contributed by atoms with E-state index in [2.05, 4.69) is 25.8 Å². The molecule has 2 amide bonds. The Morgan fingerprint density at radius 3 is 2.57 bits per heavy atom. The number of halogens is 2. The summed E-state index contributed by atoms with van der Waals surface area (Å²) in [4.78, 5) is 28.7. The van der Waals surface area contributed by atoms with Crippen LogP contribution in [0.25, 0.3) is 5.65 Å². The van der Waals surface area contributed by atoms with Gasteiger partial charge in [0.05, 0.1) is 11.9 Å². The van der Waals surface area contributed by atoms with Gasteiger partial charge in [0.1, 0.15) is 17.4 Å². The Kier molecular flexibility index (Phi) is 5.23. The molecule has 3 aromatic heterocycles. The summed E-state index contributed by atoms with van der Waals surface area (Å²) in [6, 6.07) is 10.1. The molecule has 35 heavy (non-hydrogen) atoms. The lowest BCUT2D eigenvalue weighted by Gasteiger charge is -2.11. The maximum atomic E-state index is 13.1. The maximum Gasteiger partial charge on any atom is 0.273 e. The van der Waals surface area contributed by atoms with Crippen molar-refractivity contribution in [3.05, 3.63) is 59.5 Å². The number of carbonyl (C=O) groups excluding carboxylic acids is 2. The fraction of sp³-hybridized carbons (Fsp3) is 0.261. The fourth-order valence-corrected chi connectivity index (χ4v) is 3.62. The Bertz CT molecular complexity index is 1480. The molecule has 4 aromatic rings. The number of carbonyl (C=O) groups is 2. The maximum absolute atomic E-state index is 13.1. The van der Waals surface area contributed by atoms with E-state index in [1.807, 2.05) is 13.8 Å². The predicted octanol–water partition coefficient (Wildman–Crippen LogP) is 3.72. The Morgan fingerprint density at radius 1 is 1.11 bits per heavy atom. The van der Waals surface area contributed by atoms with Crippen molar-refractivity contribution in [2.24, 2.45) is 13.0 Å². The summed E-state index contributed by atoms with van der Waals surface area (Å²) in [5.74, 6) is -4.57. The van der Waals surface area contributed by atoms with Gasteiger partial charge in [-0.3, -0.25) is 14.3 Å². The number of benzene rings is 1. The van der Waals surface area contributed by atoms with Gasteiger partial charge in [-0.25, -0.2) is 18.3 Å². The molecule has 1 aliphatic rings. The molecule has 1 aliphatic carbocycles. The van der Waals surface area contributed by atoms with Crippen LogP contribution in [0.3, 0.4) is 0 Å². The second-order valence-corrected chi connectivity index (χ2v) is 8.43. The van der Waals surface area contributed by atoms with Crippen LogP contribution < -0.4 is 15.4 Å². The first-order valence-electron chi connectivity index (χ1n) is 10.7. The largest absolute Gasteiger partial charge is 0.438 e. The number of rotatable bonds is 6. The van der Waals surface area contributed by atoms with E-state index in [-0.39, 0.29) is 17.6 Å². The molecule has 5 rings (SSSR count). The summed E-state index contributed by atoms with van der Waals surface area (Å²) in [6.45, 7) is 3.67. The minimum absolute atomic E-state index is 0.119. The molecule has 10 nitrogen and oxygen atoms in total.